The molecule has 0 fully saturated rings. The van der Waals surface area contributed by atoms with Crippen LogP contribution in [-0.4, -0.2) is 35.5 Å². The number of hydrogen-bond donors (Lipinski definition) is 0. The maximum atomic E-state index is 5.80. The van der Waals surface area contributed by atoms with Crippen molar-refractivity contribution < 1.29 is 49.7 Å². The van der Waals surface area contributed by atoms with Crippen molar-refractivity contribution in [2.24, 2.45) is 0 Å². The molecule has 0 aromatic rings. The molecule has 151 valence electrons. The molecule has 0 aromatic heterocycles. The largest absolute Gasteiger partial charge is 0.127 e. The van der Waals surface area contributed by atoms with Gasteiger partial charge in [0, 0.05) is 85.1 Å². The van der Waals surface area contributed by atoms with Crippen LogP contribution in [0.25, 0.3) is 0 Å². The molecule has 7 heteroatoms. The van der Waals surface area contributed by atoms with Gasteiger partial charge in [0.1, 0.15) is 0 Å². The fourth-order valence-corrected chi connectivity index (χ4v) is 7.41. The molecule has 0 heterocycles. The quantitative estimate of drug-likeness (QED) is 0.142. The van der Waals surface area contributed by atoms with Crippen LogP contribution < -0.4 is 0 Å². The first-order valence-electron chi connectivity index (χ1n) is 8.85. The Morgan fingerprint density at radius 1 is 0.880 bits per heavy atom. The number of allylic oxidation sites excluding steroid dienone is 1. The van der Waals surface area contributed by atoms with E-state index in [0.29, 0.717) is 5.38 Å². The van der Waals surface area contributed by atoms with Crippen LogP contribution in [0.15, 0.2) is 12.7 Å². The van der Waals surface area contributed by atoms with Crippen molar-refractivity contribution in [3.8, 4) is 0 Å². The summed E-state index contributed by atoms with van der Waals surface area (Å²) >= 11 is 11.3. The second-order valence-corrected chi connectivity index (χ2v) is 27.8. The van der Waals surface area contributed by atoms with Gasteiger partial charge in [-0.25, -0.2) is 0 Å². The Labute approximate surface area is 209 Å². The van der Waals surface area contributed by atoms with Crippen molar-refractivity contribution in [1.29, 1.82) is 0 Å². The molecule has 0 nitrogen and oxygen atoms in total. The zero-order valence-electron chi connectivity index (χ0n) is 18.6. The minimum Gasteiger partial charge on any atom is -0.127 e. The van der Waals surface area contributed by atoms with E-state index < -0.39 is 24.2 Å². The summed E-state index contributed by atoms with van der Waals surface area (Å²) in [5.74, 6) is 0.838. The summed E-state index contributed by atoms with van der Waals surface area (Å²) in [5.41, 5.74) is 0. The van der Waals surface area contributed by atoms with Crippen LogP contribution in [0.4, 0.5) is 0 Å². The molecule has 1 radical (unpaired) electrons. The Hall–Kier alpha value is 2.61. The summed E-state index contributed by atoms with van der Waals surface area (Å²) in [6.45, 7) is 26.9. The monoisotopic (exact) mass is 703 g/mol. The Kier molecular flexibility index (Phi) is 30.4. The summed E-state index contributed by atoms with van der Waals surface area (Å²) < 4.78 is 0. The Bertz CT molecular complexity index is 284. The van der Waals surface area contributed by atoms with Crippen LogP contribution in [-0.2, 0) is 18.6 Å². The van der Waals surface area contributed by atoms with Gasteiger partial charge in [0.05, 0.1) is 0 Å². The van der Waals surface area contributed by atoms with Crippen LogP contribution in [0.3, 0.4) is 0 Å². The van der Waals surface area contributed by atoms with Crippen LogP contribution >= 0.6 is 23.2 Å². The van der Waals surface area contributed by atoms with Crippen molar-refractivity contribution in [3.63, 3.8) is 0 Å². The molecule has 0 amide bonds. The molecule has 0 spiro atoms. The molecule has 0 rings (SSSR count). The van der Waals surface area contributed by atoms with Gasteiger partial charge in [0.25, 0.3) is 0 Å². The molecule has 0 aliphatic carbocycles. The fraction of sp³-hybridized carbons (Fsp3) is 0.889. The Morgan fingerprint density at radius 2 is 1.28 bits per heavy atom. The van der Waals surface area contributed by atoms with E-state index in [1.165, 1.54) is 24.6 Å². The van der Waals surface area contributed by atoms with E-state index in [0.717, 1.165) is 5.88 Å². The van der Waals surface area contributed by atoms with Crippen LogP contribution in [0.5, 0.6) is 0 Å². The molecule has 0 N–H and O–H groups in total. The summed E-state index contributed by atoms with van der Waals surface area (Å²) in [7, 11) is -2.39. The Morgan fingerprint density at radius 3 is 1.32 bits per heavy atom. The number of alkyl halides is 2. The molecule has 0 aliphatic rings. The fourth-order valence-electron chi connectivity index (χ4n) is 1.87. The number of hydrogen-bond acceptors (Lipinski definition) is 0. The van der Waals surface area contributed by atoms with E-state index in [1.54, 1.807) is 0 Å². The van der Waals surface area contributed by atoms with Crippen molar-refractivity contribution in [3.05, 3.63) is 12.7 Å². The second kappa shape index (κ2) is 19.9. The van der Waals surface area contributed by atoms with E-state index in [2.05, 4.69) is 72.4 Å². The van der Waals surface area contributed by atoms with Crippen LogP contribution in [0.1, 0.15) is 13.3 Å². The second-order valence-electron chi connectivity index (χ2n) is 9.95. The molecular formula is C18H44Cl2Si3UV. The first kappa shape index (κ1) is 38.2. The molecule has 1 unspecified atom stereocenters. The standard InChI is InChI=1S/2C6H15ClSi.C6H14Si.U.V/c1-6(7)5-8(2,3)4;1-8(2,3)6-4-5-7;1-5-6-7(2,3)4;;/h6H,5H2,1-4H3;4-6H2,1-3H3;5H,1,6H2,2-4H3;;. The number of rotatable bonds is 7. The molecule has 0 saturated carbocycles. The van der Waals surface area contributed by atoms with Crippen molar-refractivity contribution in [1.82, 2.24) is 0 Å². The molecule has 0 aliphatic heterocycles. The normalized spacial score (nSPS) is 12.2. The first-order valence-corrected chi connectivity index (χ1v) is 20.9. The summed E-state index contributed by atoms with van der Waals surface area (Å²) in [4.78, 5) is 0. The SMILES string of the molecule is C=CC[Si](C)(C)C.CC(Cl)C[Si](C)(C)C.C[Si](C)(C)CCCCl.[U].[V]. The van der Waals surface area contributed by atoms with E-state index in [9.17, 15) is 0 Å². The van der Waals surface area contributed by atoms with Gasteiger partial charge < -0.3 is 0 Å². The van der Waals surface area contributed by atoms with Crippen LogP contribution in [0, 0.1) is 31.1 Å². The van der Waals surface area contributed by atoms with Gasteiger partial charge in [0.2, 0.25) is 0 Å². The first-order chi connectivity index (χ1) is 10.0. The predicted octanol–water partition coefficient (Wildman–Crippen LogP) is 8.41. The summed E-state index contributed by atoms with van der Waals surface area (Å²) in [6.07, 6.45) is 3.23. The smallest absolute Gasteiger partial charge is 0.0480 e. The minimum absolute atomic E-state index is 0. The van der Waals surface area contributed by atoms with Crippen molar-refractivity contribution in [2.45, 2.75) is 95.8 Å². The summed E-state index contributed by atoms with van der Waals surface area (Å²) in [5, 5.41) is 0.377. The molecule has 25 heavy (non-hydrogen) atoms. The van der Waals surface area contributed by atoms with Gasteiger partial charge in [0.15, 0.2) is 0 Å². The molecule has 0 bridgehead atoms. The van der Waals surface area contributed by atoms with Crippen molar-refractivity contribution >= 4 is 47.4 Å². The van der Waals surface area contributed by atoms with E-state index in [1.807, 2.05) is 6.08 Å². The van der Waals surface area contributed by atoms with Gasteiger partial charge in [-0.3, -0.25) is 0 Å². The van der Waals surface area contributed by atoms with E-state index >= 15 is 0 Å². The average molecular weight is 705 g/mol. The maximum Gasteiger partial charge on any atom is 0.0480 e. The van der Waals surface area contributed by atoms with Gasteiger partial charge in [-0.05, 0) is 25.4 Å². The van der Waals surface area contributed by atoms with Gasteiger partial charge >= 0.3 is 0 Å². The molecule has 0 saturated heterocycles. The number of halogens is 2. The molecule has 1 atom stereocenters. The topological polar surface area (TPSA) is 0 Å². The zero-order chi connectivity index (χ0) is 19.3. The molecule has 0 aromatic carbocycles. The van der Waals surface area contributed by atoms with Gasteiger partial charge in [-0.15, -0.1) is 29.8 Å². The van der Waals surface area contributed by atoms with Gasteiger partial charge in [-0.1, -0.05) is 71.0 Å². The van der Waals surface area contributed by atoms with E-state index in [-0.39, 0.29) is 49.7 Å². The zero-order valence-corrected chi connectivity index (χ0v) is 28.7. The average Bonchev–Trinajstić information content (AvgIpc) is 2.21. The third-order valence-electron chi connectivity index (χ3n) is 2.71. The Balaban J connectivity index is -0.0000000771. The maximum absolute atomic E-state index is 5.80. The molecular weight excluding hydrogens is 660 g/mol. The third kappa shape index (κ3) is 58.4. The third-order valence-corrected chi connectivity index (χ3v) is 8.60. The predicted molar refractivity (Wildman–Crippen MR) is 125 cm³/mol. The van der Waals surface area contributed by atoms with Gasteiger partial charge in [-0.2, -0.15) is 0 Å². The van der Waals surface area contributed by atoms with E-state index in [4.69, 9.17) is 23.2 Å². The minimum atomic E-state index is -0.852. The van der Waals surface area contributed by atoms with Crippen LogP contribution in [0.2, 0.25) is 77.1 Å². The van der Waals surface area contributed by atoms with Crippen molar-refractivity contribution in [2.75, 3.05) is 5.88 Å². The summed E-state index contributed by atoms with van der Waals surface area (Å²) in [6, 6.07) is 3.85.